The molecule has 3 aromatic rings. The SMILES string of the molecule is C[C@H](NC(=O)[C@@H](Cc1ccccc1)NC(=O)OCc1ccccc1)C(=O)Sc1ccccc1. The summed E-state index contributed by atoms with van der Waals surface area (Å²) in [5.74, 6) is -0.454. The number of benzene rings is 3. The molecule has 0 aliphatic rings. The number of carbonyl (C=O) groups is 3. The van der Waals surface area contributed by atoms with E-state index in [4.69, 9.17) is 4.74 Å². The molecule has 0 saturated heterocycles. The molecule has 0 bridgehead atoms. The van der Waals surface area contributed by atoms with Crippen molar-refractivity contribution in [2.45, 2.75) is 36.9 Å². The molecule has 170 valence electrons. The molecule has 0 radical (unpaired) electrons. The zero-order valence-corrected chi connectivity index (χ0v) is 19.1. The average molecular weight is 463 g/mol. The van der Waals surface area contributed by atoms with Gasteiger partial charge in [-0.25, -0.2) is 4.79 Å². The van der Waals surface area contributed by atoms with Gasteiger partial charge in [0.15, 0.2) is 0 Å². The van der Waals surface area contributed by atoms with Gasteiger partial charge in [0.25, 0.3) is 0 Å². The van der Waals surface area contributed by atoms with Crippen LogP contribution < -0.4 is 10.6 Å². The Morgan fingerprint density at radius 3 is 1.94 bits per heavy atom. The fourth-order valence-corrected chi connectivity index (χ4v) is 3.79. The monoisotopic (exact) mass is 462 g/mol. The molecule has 0 spiro atoms. The molecule has 33 heavy (non-hydrogen) atoms. The number of carbonyl (C=O) groups excluding carboxylic acids is 3. The maximum Gasteiger partial charge on any atom is 0.408 e. The van der Waals surface area contributed by atoms with E-state index in [0.717, 1.165) is 27.8 Å². The first-order chi connectivity index (χ1) is 16.0. The maximum absolute atomic E-state index is 13.0. The second kappa shape index (κ2) is 12.5. The van der Waals surface area contributed by atoms with Gasteiger partial charge in [0.2, 0.25) is 11.0 Å². The van der Waals surface area contributed by atoms with Crippen LogP contribution in [0.2, 0.25) is 0 Å². The number of rotatable bonds is 9. The second-order valence-electron chi connectivity index (χ2n) is 7.41. The van der Waals surface area contributed by atoms with E-state index in [1.165, 1.54) is 0 Å². The van der Waals surface area contributed by atoms with E-state index < -0.39 is 24.1 Å². The van der Waals surface area contributed by atoms with E-state index >= 15 is 0 Å². The highest BCUT2D eigenvalue weighted by atomic mass is 32.2. The number of amides is 2. The maximum atomic E-state index is 13.0. The molecule has 2 amide bonds. The number of alkyl carbamates (subject to hydrolysis) is 1. The van der Waals surface area contributed by atoms with E-state index in [0.29, 0.717) is 0 Å². The van der Waals surface area contributed by atoms with E-state index in [1.54, 1.807) is 6.92 Å². The van der Waals surface area contributed by atoms with Gasteiger partial charge in [-0.2, -0.15) is 0 Å². The van der Waals surface area contributed by atoms with Gasteiger partial charge in [-0.05, 0) is 41.9 Å². The van der Waals surface area contributed by atoms with Crippen molar-refractivity contribution < 1.29 is 19.1 Å². The third-order valence-corrected chi connectivity index (χ3v) is 5.84. The standard InChI is InChI=1S/C26H26N2O4S/c1-19(25(30)33-22-15-9-4-10-16-22)27-24(29)23(17-20-11-5-2-6-12-20)28-26(31)32-18-21-13-7-3-8-14-21/h2-16,19,23H,17-18H2,1H3,(H,27,29)(H,28,31)/t19-,23+/m0/s1. The van der Waals surface area contributed by atoms with Gasteiger partial charge in [-0.3, -0.25) is 9.59 Å². The Hall–Kier alpha value is -3.58. The van der Waals surface area contributed by atoms with Crippen molar-refractivity contribution in [1.82, 2.24) is 10.6 Å². The van der Waals surface area contributed by atoms with Gasteiger partial charge in [0, 0.05) is 11.3 Å². The average Bonchev–Trinajstić information content (AvgIpc) is 2.84. The molecule has 6 nitrogen and oxygen atoms in total. The molecule has 0 saturated carbocycles. The first-order valence-electron chi connectivity index (χ1n) is 10.6. The van der Waals surface area contributed by atoms with Crippen LogP contribution in [-0.4, -0.2) is 29.2 Å². The lowest BCUT2D eigenvalue weighted by Gasteiger charge is -2.21. The van der Waals surface area contributed by atoms with Gasteiger partial charge in [0.05, 0.1) is 6.04 Å². The Morgan fingerprint density at radius 2 is 1.33 bits per heavy atom. The summed E-state index contributed by atoms with van der Waals surface area (Å²) in [5.41, 5.74) is 1.72. The minimum Gasteiger partial charge on any atom is -0.445 e. The predicted octanol–water partition coefficient (Wildman–Crippen LogP) is 4.35. The Bertz CT molecular complexity index is 1050. The minimum absolute atomic E-state index is 0.0922. The highest BCUT2D eigenvalue weighted by Crippen LogP contribution is 2.19. The predicted molar refractivity (Wildman–Crippen MR) is 129 cm³/mol. The smallest absolute Gasteiger partial charge is 0.408 e. The van der Waals surface area contributed by atoms with Crippen LogP contribution in [0.5, 0.6) is 0 Å². The molecule has 3 rings (SSSR count). The van der Waals surface area contributed by atoms with Gasteiger partial charge in [0.1, 0.15) is 12.6 Å². The van der Waals surface area contributed by atoms with Crippen LogP contribution in [0.4, 0.5) is 4.79 Å². The fraction of sp³-hybridized carbons (Fsp3) is 0.192. The zero-order chi connectivity index (χ0) is 23.5. The van der Waals surface area contributed by atoms with Crippen molar-refractivity contribution in [2.75, 3.05) is 0 Å². The summed E-state index contributed by atoms with van der Waals surface area (Å²) in [4.78, 5) is 38.7. The van der Waals surface area contributed by atoms with Crippen LogP contribution in [0, 0.1) is 0 Å². The molecule has 0 aliphatic carbocycles. The molecule has 7 heteroatoms. The lowest BCUT2D eigenvalue weighted by Crippen LogP contribution is -2.51. The quantitative estimate of drug-likeness (QED) is 0.462. The van der Waals surface area contributed by atoms with Crippen molar-refractivity contribution in [1.29, 1.82) is 0 Å². The third-order valence-electron chi connectivity index (χ3n) is 4.78. The summed E-state index contributed by atoms with van der Waals surface area (Å²) >= 11 is 1.06. The zero-order valence-electron chi connectivity index (χ0n) is 18.3. The van der Waals surface area contributed by atoms with Crippen LogP contribution >= 0.6 is 11.8 Å². The van der Waals surface area contributed by atoms with Crippen molar-refractivity contribution in [3.8, 4) is 0 Å². The lowest BCUT2D eigenvalue weighted by molar-refractivity contribution is -0.126. The van der Waals surface area contributed by atoms with Crippen molar-refractivity contribution in [3.05, 3.63) is 102 Å². The second-order valence-corrected chi connectivity index (χ2v) is 8.49. The first-order valence-corrected chi connectivity index (χ1v) is 11.4. The Balaban J connectivity index is 1.61. The lowest BCUT2D eigenvalue weighted by atomic mass is 10.1. The molecule has 0 aromatic heterocycles. The molecule has 0 aliphatic heterocycles. The molecule has 2 N–H and O–H groups in total. The number of nitrogens with one attached hydrogen (secondary N) is 2. The minimum atomic E-state index is -0.896. The molecular weight excluding hydrogens is 436 g/mol. The fourth-order valence-electron chi connectivity index (χ4n) is 3.03. The molecule has 2 atom stereocenters. The van der Waals surface area contributed by atoms with Crippen molar-refractivity contribution >= 4 is 28.9 Å². The number of hydrogen-bond donors (Lipinski definition) is 2. The van der Waals surface area contributed by atoms with E-state index in [1.807, 2.05) is 91.0 Å². The van der Waals surface area contributed by atoms with E-state index in [9.17, 15) is 14.4 Å². The summed E-state index contributed by atoms with van der Waals surface area (Å²) in [6.07, 6.45) is -0.438. The van der Waals surface area contributed by atoms with Crippen LogP contribution in [0.15, 0.2) is 95.9 Å². The Labute approximate surface area is 197 Å². The first kappa shape index (κ1) is 24.1. The molecule has 0 unspecified atom stereocenters. The number of thioether (sulfide) groups is 1. The topological polar surface area (TPSA) is 84.5 Å². The van der Waals surface area contributed by atoms with Crippen LogP contribution in [-0.2, 0) is 27.4 Å². The van der Waals surface area contributed by atoms with E-state index in [-0.39, 0.29) is 18.1 Å². The molecule has 0 heterocycles. The van der Waals surface area contributed by atoms with E-state index in [2.05, 4.69) is 10.6 Å². The highest BCUT2D eigenvalue weighted by Gasteiger charge is 2.25. The van der Waals surface area contributed by atoms with Crippen LogP contribution in [0.25, 0.3) is 0 Å². The van der Waals surface area contributed by atoms with Gasteiger partial charge in [-0.1, -0.05) is 78.9 Å². The Kier molecular flexibility index (Phi) is 9.08. The highest BCUT2D eigenvalue weighted by molar-refractivity contribution is 8.13. The van der Waals surface area contributed by atoms with Crippen LogP contribution in [0.3, 0.4) is 0 Å². The van der Waals surface area contributed by atoms with Gasteiger partial charge in [-0.15, -0.1) is 0 Å². The molecule has 0 fully saturated rings. The van der Waals surface area contributed by atoms with Gasteiger partial charge >= 0.3 is 6.09 Å². The van der Waals surface area contributed by atoms with Crippen LogP contribution in [0.1, 0.15) is 18.1 Å². The largest absolute Gasteiger partial charge is 0.445 e. The third kappa shape index (κ3) is 8.12. The summed E-state index contributed by atoms with van der Waals surface area (Å²) in [6, 6.07) is 26.2. The normalized spacial score (nSPS) is 12.3. The molecule has 3 aromatic carbocycles. The Morgan fingerprint density at radius 1 is 0.788 bits per heavy atom. The van der Waals surface area contributed by atoms with Crippen molar-refractivity contribution in [2.24, 2.45) is 0 Å². The summed E-state index contributed by atoms with van der Waals surface area (Å²) in [7, 11) is 0. The summed E-state index contributed by atoms with van der Waals surface area (Å²) in [6.45, 7) is 1.72. The van der Waals surface area contributed by atoms with Gasteiger partial charge < -0.3 is 15.4 Å². The molecular formula is C26H26N2O4S. The number of hydrogen-bond acceptors (Lipinski definition) is 5. The summed E-state index contributed by atoms with van der Waals surface area (Å²) < 4.78 is 5.28. The van der Waals surface area contributed by atoms with Crippen molar-refractivity contribution in [3.63, 3.8) is 0 Å². The summed E-state index contributed by atoms with van der Waals surface area (Å²) in [5, 5.41) is 5.16. The number of ether oxygens (including phenoxy) is 1.